The maximum absolute atomic E-state index is 11.6. The third-order valence-electron chi connectivity index (χ3n) is 2.77. The van der Waals surface area contributed by atoms with Crippen LogP contribution >= 0.6 is 0 Å². The van der Waals surface area contributed by atoms with E-state index in [9.17, 15) is 4.79 Å². The van der Waals surface area contributed by atoms with Gasteiger partial charge >= 0.3 is 5.97 Å². The third kappa shape index (κ3) is 1.91. The van der Waals surface area contributed by atoms with Crippen molar-refractivity contribution in [1.29, 1.82) is 0 Å². The second-order valence-corrected chi connectivity index (χ2v) is 3.99. The molecule has 1 aliphatic rings. The SMILES string of the molecule is CCOC(=O)c1nnn(-c2ccc3c(c2)OCO3)c1N. The van der Waals surface area contributed by atoms with Crippen molar-refractivity contribution < 1.29 is 19.0 Å². The lowest BCUT2D eigenvalue weighted by Crippen LogP contribution is -2.09. The Bertz CT molecular complexity index is 667. The highest BCUT2D eigenvalue weighted by Crippen LogP contribution is 2.34. The molecule has 1 aliphatic heterocycles. The molecule has 1 aromatic heterocycles. The van der Waals surface area contributed by atoms with Crippen molar-refractivity contribution in [2.24, 2.45) is 0 Å². The highest BCUT2D eigenvalue weighted by Gasteiger charge is 2.21. The van der Waals surface area contributed by atoms with Crippen LogP contribution in [0.25, 0.3) is 5.69 Å². The van der Waals surface area contributed by atoms with E-state index < -0.39 is 5.97 Å². The first-order valence-corrected chi connectivity index (χ1v) is 5.99. The summed E-state index contributed by atoms with van der Waals surface area (Å²) < 4.78 is 16.7. The van der Waals surface area contributed by atoms with Crippen LogP contribution in [0.4, 0.5) is 5.82 Å². The van der Waals surface area contributed by atoms with Gasteiger partial charge < -0.3 is 19.9 Å². The zero-order chi connectivity index (χ0) is 14.1. The summed E-state index contributed by atoms with van der Waals surface area (Å²) in [4.78, 5) is 11.6. The molecule has 2 N–H and O–H groups in total. The Hall–Kier alpha value is -2.77. The van der Waals surface area contributed by atoms with Crippen LogP contribution in [0.1, 0.15) is 17.4 Å². The summed E-state index contributed by atoms with van der Waals surface area (Å²) in [6.45, 7) is 2.13. The number of ether oxygens (including phenoxy) is 3. The molecule has 8 nitrogen and oxygen atoms in total. The van der Waals surface area contributed by atoms with Gasteiger partial charge in [0.1, 0.15) is 0 Å². The van der Waals surface area contributed by atoms with Gasteiger partial charge in [0.25, 0.3) is 0 Å². The van der Waals surface area contributed by atoms with E-state index in [0.717, 1.165) is 0 Å². The number of nitrogen functional groups attached to an aromatic ring is 1. The van der Waals surface area contributed by atoms with Crippen LogP contribution in [0.2, 0.25) is 0 Å². The molecular formula is C12H12N4O4. The Kier molecular flexibility index (Phi) is 2.90. The average Bonchev–Trinajstić information content (AvgIpc) is 3.04. The zero-order valence-electron chi connectivity index (χ0n) is 10.7. The molecule has 0 amide bonds. The third-order valence-corrected chi connectivity index (χ3v) is 2.77. The van der Waals surface area contributed by atoms with Crippen LogP contribution in [0, 0.1) is 0 Å². The standard InChI is InChI=1S/C12H12N4O4/c1-2-18-12(17)10-11(13)16(15-14-10)7-3-4-8-9(5-7)20-6-19-8/h3-5H,2,6,13H2,1H3. The van der Waals surface area contributed by atoms with Gasteiger partial charge in [0.05, 0.1) is 12.3 Å². The lowest BCUT2D eigenvalue weighted by molar-refractivity contribution is 0.0520. The molecule has 2 aromatic rings. The number of nitrogens with two attached hydrogens (primary N) is 1. The van der Waals surface area contributed by atoms with Crippen LogP contribution in [0.15, 0.2) is 18.2 Å². The van der Waals surface area contributed by atoms with Gasteiger partial charge in [-0.05, 0) is 19.1 Å². The van der Waals surface area contributed by atoms with Gasteiger partial charge in [-0.2, -0.15) is 4.68 Å². The van der Waals surface area contributed by atoms with E-state index in [1.165, 1.54) is 4.68 Å². The predicted octanol–water partition coefficient (Wildman–Crippen LogP) is 0.755. The monoisotopic (exact) mass is 276 g/mol. The van der Waals surface area contributed by atoms with Crippen molar-refractivity contribution in [3.05, 3.63) is 23.9 Å². The van der Waals surface area contributed by atoms with Gasteiger partial charge in [-0.3, -0.25) is 0 Å². The van der Waals surface area contributed by atoms with Crippen molar-refractivity contribution in [1.82, 2.24) is 15.0 Å². The Labute approximate surface area is 114 Å². The topological polar surface area (TPSA) is 101 Å². The smallest absolute Gasteiger partial charge is 0.362 e. The molecule has 0 atom stereocenters. The van der Waals surface area contributed by atoms with Crippen LogP contribution in [0.5, 0.6) is 11.5 Å². The number of hydrogen-bond donors (Lipinski definition) is 1. The first-order chi connectivity index (χ1) is 9.70. The summed E-state index contributed by atoms with van der Waals surface area (Å²) in [5.74, 6) is 0.757. The molecular weight excluding hydrogens is 264 g/mol. The Morgan fingerprint density at radius 1 is 1.45 bits per heavy atom. The number of hydrogen-bond acceptors (Lipinski definition) is 7. The molecule has 0 unspecified atom stereocenters. The summed E-state index contributed by atoms with van der Waals surface area (Å²) in [7, 11) is 0. The van der Waals surface area contributed by atoms with Gasteiger partial charge in [0.15, 0.2) is 17.3 Å². The van der Waals surface area contributed by atoms with Gasteiger partial charge in [-0.15, -0.1) is 5.10 Å². The maximum atomic E-state index is 11.6. The largest absolute Gasteiger partial charge is 0.461 e. The van der Waals surface area contributed by atoms with Crippen molar-refractivity contribution in [3.63, 3.8) is 0 Å². The summed E-state index contributed by atoms with van der Waals surface area (Å²) in [6.07, 6.45) is 0. The minimum Gasteiger partial charge on any atom is -0.461 e. The van der Waals surface area contributed by atoms with Crippen LogP contribution in [-0.2, 0) is 4.74 Å². The summed E-state index contributed by atoms with van der Waals surface area (Å²) in [6, 6.07) is 5.19. The van der Waals surface area contributed by atoms with E-state index >= 15 is 0 Å². The number of anilines is 1. The van der Waals surface area contributed by atoms with E-state index in [-0.39, 0.29) is 24.9 Å². The number of carbonyl (C=O) groups excluding carboxylic acids is 1. The van der Waals surface area contributed by atoms with Crippen LogP contribution in [0.3, 0.4) is 0 Å². The fourth-order valence-electron chi connectivity index (χ4n) is 1.84. The average molecular weight is 276 g/mol. The quantitative estimate of drug-likeness (QED) is 0.825. The minimum atomic E-state index is -0.600. The number of fused-ring (bicyclic) bond motifs is 1. The highest BCUT2D eigenvalue weighted by molar-refractivity contribution is 5.92. The van der Waals surface area contributed by atoms with Gasteiger partial charge in [0, 0.05) is 6.07 Å². The highest BCUT2D eigenvalue weighted by atomic mass is 16.7. The predicted molar refractivity (Wildman–Crippen MR) is 67.9 cm³/mol. The Morgan fingerprint density at radius 2 is 2.25 bits per heavy atom. The number of benzene rings is 1. The molecule has 0 aliphatic carbocycles. The molecule has 8 heteroatoms. The van der Waals surface area contributed by atoms with E-state index in [1.807, 2.05) is 0 Å². The van der Waals surface area contributed by atoms with Crippen LogP contribution < -0.4 is 15.2 Å². The lowest BCUT2D eigenvalue weighted by atomic mass is 10.3. The number of aromatic nitrogens is 3. The van der Waals surface area contributed by atoms with Gasteiger partial charge in [0.2, 0.25) is 12.5 Å². The first kappa shape index (κ1) is 12.3. The summed E-state index contributed by atoms with van der Waals surface area (Å²) >= 11 is 0. The lowest BCUT2D eigenvalue weighted by Gasteiger charge is -2.04. The van der Waals surface area contributed by atoms with E-state index in [4.69, 9.17) is 19.9 Å². The first-order valence-electron chi connectivity index (χ1n) is 5.99. The normalized spacial score (nSPS) is 12.4. The number of carbonyl (C=O) groups is 1. The van der Waals surface area contributed by atoms with Gasteiger partial charge in [-0.25, -0.2) is 4.79 Å². The van der Waals surface area contributed by atoms with E-state index in [0.29, 0.717) is 17.2 Å². The van der Waals surface area contributed by atoms with Gasteiger partial charge in [-0.1, -0.05) is 5.21 Å². The summed E-state index contributed by atoms with van der Waals surface area (Å²) in [5.41, 5.74) is 6.49. The zero-order valence-corrected chi connectivity index (χ0v) is 10.7. The number of rotatable bonds is 3. The Morgan fingerprint density at radius 3 is 3.05 bits per heavy atom. The molecule has 2 heterocycles. The van der Waals surface area contributed by atoms with Crippen LogP contribution in [-0.4, -0.2) is 34.4 Å². The molecule has 0 saturated carbocycles. The second-order valence-electron chi connectivity index (χ2n) is 3.99. The minimum absolute atomic E-state index is 0.00971. The fraction of sp³-hybridized carbons (Fsp3) is 0.250. The molecule has 0 radical (unpaired) electrons. The van der Waals surface area contributed by atoms with Crippen molar-refractivity contribution >= 4 is 11.8 Å². The summed E-state index contributed by atoms with van der Waals surface area (Å²) in [5, 5.41) is 7.60. The molecule has 20 heavy (non-hydrogen) atoms. The maximum Gasteiger partial charge on any atom is 0.362 e. The van der Waals surface area contributed by atoms with Crippen molar-refractivity contribution in [2.45, 2.75) is 6.92 Å². The number of nitrogens with zero attached hydrogens (tertiary/aromatic N) is 3. The molecule has 0 fully saturated rings. The van der Waals surface area contributed by atoms with E-state index in [2.05, 4.69) is 10.3 Å². The molecule has 0 spiro atoms. The molecule has 0 bridgehead atoms. The molecule has 104 valence electrons. The van der Waals surface area contributed by atoms with Crippen molar-refractivity contribution in [2.75, 3.05) is 19.1 Å². The van der Waals surface area contributed by atoms with E-state index in [1.54, 1.807) is 25.1 Å². The van der Waals surface area contributed by atoms with Crippen molar-refractivity contribution in [3.8, 4) is 17.2 Å². The molecule has 3 rings (SSSR count). The Balaban J connectivity index is 1.97. The molecule has 0 saturated heterocycles. The number of esters is 1. The second kappa shape index (κ2) is 4.72. The molecule has 1 aromatic carbocycles. The fourth-order valence-corrected chi connectivity index (χ4v) is 1.84.